The van der Waals surface area contributed by atoms with Crippen LogP contribution in [0.25, 0.3) is 11.3 Å². The van der Waals surface area contributed by atoms with Gasteiger partial charge in [0.1, 0.15) is 23.7 Å². The Balaban J connectivity index is 1.84. The van der Waals surface area contributed by atoms with E-state index in [9.17, 15) is 14.7 Å². The van der Waals surface area contributed by atoms with Crippen LogP contribution in [0.3, 0.4) is 0 Å². The number of carboxylic acid groups (broad SMARTS) is 1. The van der Waals surface area contributed by atoms with Crippen molar-refractivity contribution in [3.8, 4) is 22.8 Å². The van der Waals surface area contributed by atoms with E-state index >= 15 is 0 Å². The van der Waals surface area contributed by atoms with Crippen molar-refractivity contribution in [1.82, 2.24) is 4.57 Å². The Morgan fingerprint density at radius 2 is 2.11 bits per heavy atom. The lowest BCUT2D eigenvalue weighted by atomic mass is 10.0. The van der Waals surface area contributed by atoms with E-state index in [1.807, 2.05) is 6.07 Å². The summed E-state index contributed by atoms with van der Waals surface area (Å²) >= 11 is 0. The van der Waals surface area contributed by atoms with Gasteiger partial charge in [0.05, 0.1) is 18.8 Å². The highest BCUT2D eigenvalue weighted by molar-refractivity contribution is 5.87. The minimum atomic E-state index is -1.21. The Morgan fingerprint density at radius 3 is 2.78 bits per heavy atom. The number of pyridine rings is 1. The molecule has 1 N–H and O–H groups in total. The van der Waals surface area contributed by atoms with Crippen molar-refractivity contribution >= 4 is 5.97 Å². The van der Waals surface area contributed by atoms with Crippen LogP contribution in [-0.4, -0.2) is 28.9 Å². The van der Waals surface area contributed by atoms with Crippen LogP contribution in [0, 0.1) is 5.92 Å². The van der Waals surface area contributed by atoms with E-state index in [-0.39, 0.29) is 5.56 Å². The molecular weight excluding hydrogens is 346 g/mol. The first-order valence-electron chi connectivity index (χ1n) is 9.35. The maximum Gasteiger partial charge on any atom is 0.341 e. The summed E-state index contributed by atoms with van der Waals surface area (Å²) < 4.78 is 13.8. The molecule has 6 nitrogen and oxygen atoms in total. The van der Waals surface area contributed by atoms with Gasteiger partial charge in [0, 0.05) is 23.9 Å². The Labute approximate surface area is 157 Å². The maximum absolute atomic E-state index is 12.3. The Bertz CT molecular complexity index is 956. The minimum absolute atomic E-state index is 0.221. The van der Waals surface area contributed by atoms with Crippen molar-refractivity contribution in [2.75, 3.05) is 13.2 Å². The predicted octanol–water partition coefficient (Wildman–Crippen LogP) is 3.52. The number of ether oxygens (including phenoxy) is 2. The number of benzene rings is 1. The van der Waals surface area contributed by atoms with Crippen LogP contribution in [0.2, 0.25) is 0 Å². The first kappa shape index (κ1) is 17.6. The van der Waals surface area contributed by atoms with Crippen molar-refractivity contribution in [1.29, 1.82) is 0 Å². The quantitative estimate of drug-likeness (QED) is 0.872. The zero-order chi connectivity index (χ0) is 19.1. The minimum Gasteiger partial charge on any atom is -0.493 e. The molecule has 1 aliphatic heterocycles. The molecule has 142 valence electrons. The van der Waals surface area contributed by atoms with Crippen LogP contribution in [0.4, 0.5) is 0 Å². The smallest absolute Gasteiger partial charge is 0.341 e. The summed E-state index contributed by atoms with van der Waals surface area (Å²) in [6, 6.07) is 5.39. The fourth-order valence-corrected chi connectivity index (χ4v) is 3.40. The molecule has 0 amide bonds. The van der Waals surface area contributed by atoms with Crippen LogP contribution in [0.1, 0.15) is 48.5 Å². The van der Waals surface area contributed by atoms with Crippen LogP contribution in [0.5, 0.6) is 11.5 Å². The number of nitrogens with zero attached hydrogens (tertiary/aromatic N) is 1. The van der Waals surface area contributed by atoms with Gasteiger partial charge < -0.3 is 19.1 Å². The summed E-state index contributed by atoms with van der Waals surface area (Å²) in [6.07, 6.45) is 3.67. The van der Waals surface area contributed by atoms with E-state index < -0.39 is 11.4 Å². The molecule has 1 aliphatic carbocycles. The second-order valence-electron chi connectivity index (χ2n) is 7.65. The van der Waals surface area contributed by atoms with Gasteiger partial charge >= 0.3 is 5.97 Å². The molecule has 1 saturated carbocycles. The van der Waals surface area contributed by atoms with E-state index in [2.05, 4.69) is 19.9 Å². The van der Waals surface area contributed by atoms with E-state index in [0.717, 1.165) is 29.7 Å². The van der Waals surface area contributed by atoms with E-state index in [0.29, 0.717) is 43.0 Å². The molecule has 6 heteroatoms. The lowest BCUT2D eigenvalue weighted by molar-refractivity contribution is 0.0694. The second kappa shape index (κ2) is 6.76. The van der Waals surface area contributed by atoms with Gasteiger partial charge in [-0.2, -0.15) is 0 Å². The third-order valence-electron chi connectivity index (χ3n) is 4.93. The molecule has 1 aromatic heterocycles. The number of hydrogen-bond acceptors (Lipinski definition) is 4. The third-order valence-corrected chi connectivity index (χ3v) is 4.93. The summed E-state index contributed by atoms with van der Waals surface area (Å²) in [5.41, 5.74) is 1.94. The number of carbonyl (C=O) groups is 1. The van der Waals surface area contributed by atoms with E-state index in [1.54, 1.807) is 4.57 Å². The van der Waals surface area contributed by atoms with Crippen molar-refractivity contribution in [2.24, 2.45) is 5.92 Å². The van der Waals surface area contributed by atoms with Gasteiger partial charge in [0.25, 0.3) is 0 Å². The van der Waals surface area contributed by atoms with Gasteiger partial charge in [-0.15, -0.1) is 0 Å². The zero-order valence-corrected chi connectivity index (χ0v) is 15.5. The van der Waals surface area contributed by atoms with Crippen molar-refractivity contribution in [2.45, 2.75) is 39.2 Å². The maximum atomic E-state index is 12.3. The van der Waals surface area contributed by atoms with Crippen LogP contribution >= 0.6 is 0 Å². The van der Waals surface area contributed by atoms with Crippen molar-refractivity contribution < 1.29 is 19.4 Å². The Kier molecular flexibility index (Phi) is 4.42. The van der Waals surface area contributed by atoms with Gasteiger partial charge in [-0.25, -0.2) is 4.79 Å². The highest BCUT2D eigenvalue weighted by Gasteiger charge is 2.30. The molecule has 2 aromatic rings. The lowest BCUT2D eigenvalue weighted by Gasteiger charge is -2.17. The molecule has 1 fully saturated rings. The largest absolute Gasteiger partial charge is 0.493 e. The Morgan fingerprint density at radius 1 is 1.33 bits per heavy atom. The summed E-state index contributed by atoms with van der Waals surface area (Å²) in [7, 11) is 0. The standard InChI is InChI=1S/C21H23NO5/c1-12(2)11-27-19-9-20-15(7-14(19)13-3-4-13)17-8-18(23)16(21(24)25)10-22(17)5-6-26-20/h7-10,12-13H,3-6,11H2,1-2H3,(H,24,25). The summed E-state index contributed by atoms with van der Waals surface area (Å²) in [6.45, 7) is 5.73. The van der Waals surface area contributed by atoms with Crippen LogP contribution in [0.15, 0.2) is 29.2 Å². The van der Waals surface area contributed by atoms with Gasteiger partial charge in [-0.1, -0.05) is 13.8 Å². The first-order valence-corrected chi connectivity index (χ1v) is 9.35. The first-order chi connectivity index (χ1) is 12.9. The topological polar surface area (TPSA) is 77.8 Å². The molecule has 0 unspecified atom stereocenters. The van der Waals surface area contributed by atoms with Gasteiger partial charge in [0.2, 0.25) is 0 Å². The highest BCUT2D eigenvalue weighted by Crippen LogP contribution is 2.48. The fraction of sp³-hybridized carbons (Fsp3) is 0.429. The number of hydrogen-bond donors (Lipinski definition) is 1. The molecular formula is C21H23NO5. The second-order valence-corrected chi connectivity index (χ2v) is 7.65. The number of rotatable bonds is 5. The molecule has 1 aromatic carbocycles. The monoisotopic (exact) mass is 369 g/mol. The van der Waals surface area contributed by atoms with E-state index in [1.165, 1.54) is 12.3 Å². The summed E-state index contributed by atoms with van der Waals surface area (Å²) in [4.78, 5) is 23.6. The van der Waals surface area contributed by atoms with Crippen LogP contribution in [-0.2, 0) is 6.54 Å². The third kappa shape index (κ3) is 3.44. The summed E-state index contributed by atoms with van der Waals surface area (Å²) in [5, 5.41) is 9.24. The lowest BCUT2D eigenvalue weighted by Crippen LogP contribution is -2.19. The van der Waals surface area contributed by atoms with Gasteiger partial charge in [-0.3, -0.25) is 4.79 Å². The van der Waals surface area contributed by atoms with Gasteiger partial charge in [0.15, 0.2) is 5.43 Å². The van der Waals surface area contributed by atoms with Crippen molar-refractivity contribution in [3.63, 3.8) is 0 Å². The van der Waals surface area contributed by atoms with E-state index in [4.69, 9.17) is 9.47 Å². The predicted molar refractivity (Wildman–Crippen MR) is 101 cm³/mol. The molecule has 0 atom stereocenters. The number of aromatic carboxylic acids is 1. The molecule has 0 bridgehead atoms. The SMILES string of the molecule is CC(C)COc1cc2c(cc1C1CC1)-c1cc(=O)c(C(=O)O)cn1CCO2. The number of aromatic nitrogens is 1. The molecule has 0 saturated heterocycles. The normalized spacial score (nSPS) is 15.5. The zero-order valence-electron chi connectivity index (χ0n) is 15.5. The molecule has 27 heavy (non-hydrogen) atoms. The Hall–Kier alpha value is -2.76. The van der Waals surface area contributed by atoms with Gasteiger partial charge in [-0.05, 0) is 36.3 Å². The van der Waals surface area contributed by atoms with Crippen molar-refractivity contribution in [3.05, 3.63) is 45.7 Å². The molecule has 4 rings (SSSR count). The molecule has 2 aliphatic rings. The van der Waals surface area contributed by atoms with Crippen LogP contribution < -0.4 is 14.9 Å². The average molecular weight is 369 g/mol. The molecule has 0 radical (unpaired) electrons. The molecule has 2 heterocycles. The fourth-order valence-electron chi connectivity index (χ4n) is 3.40. The average Bonchev–Trinajstić information content (AvgIpc) is 3.45. The molecule has 0 spiro atoms. The summed E-state index contributed by atoms with van der Waals surface area (Å²) in [5.74, 6) is 1.20. The number of fused-ring (bicyclic) bond motifs is 3. The number of carboxylic acids is 1. The highest BCUT2D eigenvalue weighted by atomic mass is 16.5.